The number of methoxy groups -OCH3 is 1. The van der Waals surface area contributed by atoms with Gasteiger partial charge in [0.1, 0.15) is 12.1 Å². The SMILES string of the molecule is COc1cc2c(N)ncnc2cc1OCCCN(CCc1ccccc1)c1ccc(C#N)cc1. The van der Waals surface area contributed by atoms with E-state index in [9.17, 15) is 0 Å². The molecule has 34 heavy (non-hydrogen) atoms. The zero-order chi connectivity index (χ0) is 23.8. The van der Waals surface area contributed by atoms with Crippen LogP contribution in [0.25, 0.3) is 10.9 Å². The summed E-state index contributed by atoms with van der Waals surface area (Å²) in [5, 5.41) is 9.86. The highest BCUT2D eigenvalue weighted by molar-refractivity contribution is 5.90. The molecule has 0 amide bonds. The van der Waals surface area contributed by atoms with Gasteiger partial charge in [0.25, 0.3) is 0 Å². The van der Waals surface area contributed by atoms with Gasteiger partial charge in [0.05, 0.1) is 30.9 Å². The van der Waals surface area contributed by atoms with Gasteiger partial charge in [-0.3, -0.25) is 0 Å². The van der Waals surface area contributed by atoms with Gasteiger partial charge >= 0.3 is 0 Å². The molecule has 0 aliphatic carbocycles. The molecule has 1 heterocycles. The van der Waals surface area contributed by atoms with E-state index in [1.165, 1.54) is 11.9 Å². The van der Waals surface area contributed by atoms with Crippen LogP contribution in [0.4, 0.5) is 11.5 Å². The molecule has 172 valence electrons. The number of benzene rings is 3. The van der Waals surface area contributed by atoms with Crippen LogP contribution in [0.2, 0.25) is 0 Å². The van der Waals surface area contributed by atoms with E-state index in [0.717, 1.165) is 37.0 Å². The smallest absolute Gasteiger partial charge is 0.163 e. The zero-order valence-corrected chi connectivity index (χ0v) is 19.1. The van der Waals surface area contributed by atoms with E-state index in [2.05, 4.69) is 45.2 Å². The van der Waals surface area contributed by atoms with Crippen LogP contribution in [0.3, 0.4) is 0 Å². The van der Waals surface area contributed by atoms with E-state index < -0.39 is 0 Å². The lowest BCUT2D eigenvalue weighted by atomic mass is 10.1. The monoisotopic (exact) mass is 453 g/mol. The summed E-state index contributed by atoms with van der Waals surface area (Å²) < 4.78 is 11.6. The normalized spacial score (nSPS) is 10.6. The first kappa shape index (κ1) is 22.9. The number of hydrogen-bond donors (Lipinski definition) is 1. The number of rotatable bonds is 10. The molecule has 0 unspecified atom stereocenters. The van der Waals surface area contributed by atoms with Gasteiger partial charge in [0.2, 0.25) is 0 Å². The van der Waals surface area contributed by atoms with Crippen molar-refractivity contribution in [2.75, 3.05) is 37.4 Å². The first-order valence-electron chi connectivity index (χ1n) is 11.2. The molecule has 1 aromatic heterocycles. The molecule has 0 atom stereocenters. The average molecular weight is 454 g/mol. The van der Waals surface area contributed by atoms with Crippen LogP contribution < -0.4 is 20.1 Å². The Kier molecular flexibility index (Phi) is 7.41. The third kappa shape index (κ3) is 5.54. The maximum absolute atomic E-state index is 9.12. The van der Waals surface area contributed by atoms with E-state index in [4.69, 9.17) is 20.5 Å². The molecule has 0 aliphatic rings. The third-order valence-corrected chi connectivity index (χ3v) is 5.66. The fraction of sp³-hybridized carbons (Fsp3) is 0.222. The van der Waals surface area contributed by atoms with E-state index in [1.807, 2.05) is 42.5 Å². The van der Waals surface area contributed by atoms with Crippen LogP contribution in [0.5, 0.6) is 11.5 Å². The maximum atomic E-state index is 9.12. The first-order chi connectivity index (χ1) is 16.7. The molecule has 3 aromatic carbocycles. The van der Waals surface area contributed by atoms with Crippen molar-refractivity contribution in [1.82, 2.24) is 9.97 Å². The average Bonchev–Trinajstić information content (AvgIpc) is 2.89. The highest BCUT2D eigenvalue weighted by Crippen LogP contribution is 2.33. The van der Waals surface area contributed by atoms with Crippen LogP contribution in [0.15, 0.2) is 73.1 Å². The second kappa shape index (κ2) is 11.0. The summed E-state index contributed by atoms with van der Waals surface area (Å²) in [7, 11) is 1.60. The lowest BCUT2D eigenvalue weighted by molar-refractivity contribution is 0.291. The molecular weight excluding hydrogens is 426 g/mol. The first-order valence-corrected chi connectivity index (χ1v) is 11.2. The highest BCUT2D eigenvalue weighted by atomic mass is 16.5. The minimum Gasteiger partial charge on any atom is -0.493 e. The minimum atomic E-state index is 0.409. The Morgan fingerprint density at radius 3 is 2.50 bits per heavy atom. The summed E-state index contributed by atoms with van der Waals surface area (Å²) in [5.41, 5.74) is 9.71. The quantitative estimate of drug-likeness (QED) is 0.350. The molecule has 7 nitrogen and oxygen atoms in total. The Labute approximate surface area is 199 Å². The van der Waals surface area contributed by atoms with Crippen molar-refractivity contribution < 1.29 is 9.47 Å². The molecule has 0 bridgehead atoms. The Bertz CT molecular complexity index is 1270. The van der Waals surface area contributed by atoms with Crippen molar-refractivity contribution >= 4 is 22.4 Å². The fourth-order valence-electron chi connectivity index (χ4n) is 3.82. The topological polar surface area (TPSA) is 97.3 Å². The molecule has 0 fully saturated rings. The predicted octanol–water partition coefficient (Wildman–Crippen LogP) is 4.61. The Morgan fingerprint density at radius 1 is 0.971 bits per heavy atom. The van der Waals surface area contributed by atoms with E-state index in [0.29, 0.717) is 35.0 Å². The standard InChI is InChI=1S/C27H27N5O2/c1-33-25-16-23-24(30-19-31-27(23)29)17-26(25)34-15-5-13-32(14-12-20-6-3-2-4-7-20)22-10-8-21(18-28)9-11-22/h2-4,6-11,16-17,19H,5,12-15H2,1H3,(H2,29,30,31). The van der Waals surface area contributed by atoms with Crippen molar-refractivity contribution in [3.63, 3.8) is 0 Å². The van der Waals surface area contributed by atoms with Gasteiger partial charge in [-0.25, -0.2) is 9.97 Å². The molecule has 0 saturated heterocycles. The van der Waals surface area contributed by atoms with Crippen molar-refractivity contribution in [2.45, 2.75) is 12.8 Å². The van der Waals surface area contributed by atoms with Crippen molar-refractivity contribution in [3.05, 3.63) is 84.2 Å². The third-order valence-electron chi connectivity index (χ3n) is 5.66. The summed E-state index contributed by atoms with van der Waals surface area (Å²) in [6.07, 6.45) is 3.18. The molecule has 4 aromatic rings. The number of nitrogens with two attached hydrogens (primary N) is 1. The van der Waals surface area contributed by atoms with Gasteiger partial charge in [-0.05, 0) is 48.7 Å². The summed E-state index contributed by atoms with van der Waals surface area (Å²) in [6.45, 7) is 2.19. The number of nitriles is 1. The Hall–Kier alpha value is -4.31. The second-order valence-corrected chi connectivity index (χ2v) is 7.86. The lowest BCUT2D eigenvalue weighted by Crippen LogP contribution is -2.28. The van der Waals surface area contributed by atoms with Crippen LogP contribution in [-0.4, -0.2) is 36.8 Å². The van der Waals surface area contributed by atoms with Gasteiger partial charge in [-0.2, -0.15) is 5.26 Å². The van der Waals surface area contributed by atoms with Crippen LogP contribution >= 0.6 is 0 Å². The van der Waals surface area contributed by atoms with Crippen molar-refractivity contribution in [3.8, 4) is 17.6 Å². The van der Waals surface area contributed by atoms with Gasteiger partial charge in [0, 0.05) is 30.2 Å². The zero-order valence-electron chi connectivity index (χ0n) is 19.1. The van der Waals surface area contributed by atoms with Gasteiger partial charge in [-0.15, -0.1) is 0 Å². The van der Waals surface area contributed by atoms with Crippen LogP contribution in [-0.2, 0) is 6.42 Å². The summed E-state index contributed by atoms with van der Waals surface area (Å²) in [6, 6.07) is 24.0. The largest absolute Gasteiger partial charge is 0.493 e. The fourth-order valence-corrected chi connectivity index (χ4v) is 3.82. The molecule has 0 saturated carbocycles. The van der Waals surface area contributed by atoms with E-state index >= 15 is 0 Å². The molecule has 0 radical (unpaired) electrons. The van der Waals surface area contributed by atoms with Gasteiger partial charge in [0.15, 0.2) is 11.5 Å². The second-order valence-electron chi connectivity index (χ2n) is 7.86. The summed E-state index contributed by atoms with van der Waals surface area (Å²) in [5.74, 6) is 1.63. The van der Waals surface area contributed by atoms with Crippen molar-refractivity contribution in [2.24, 2.45) is 0 Å². The number of hydrogen-bond acceptors (Lipinski definition) is 7. The maximum Gasteiger partial charge on any atom is 0.163 e. The number of fused-ring (bicyclic) bond motifs is 1. The number of anilines is 2. The highest BCUT2D eigenvalue weighted by Gasteiger charge is 2.12. The van der Waals surface area contributed by atoms with E-state index in [-0.39, 0.29) is 0 Å². The molecule has 0 aliphatic heterocycles. The molecule has 4 rings (SSSR count). The minimum absolute atomic E-state index is 0.409. The molecule has 2 N–H and O–H groups in total. The van der Waals surface area contributed by atoms with Crippen LogP contribution in [0.1, 0.15) is 17.5 Å². The number of nitrogen functional groups attached to an aromatic ring is 1. The molecular formula is C27H27N5O2. The van der Waals surface area contributed by atoms with E-state index in [1.54, 1.807) is 7.11 Å². The Morgan fingerprint density at radius 2 is 1.76 bits per heavy atom. The van der Waals surface area contributed by atoms with Crippen molar-refractivity contribution in [1.29, 1.82) is 5.26 Å². The molecule has 7 heteroatoms. The van der Waals surface area contributed by atoms with Gasteiger partial charge in [-0.1, -0.05) is 30.3 Å². The number of aromatic nitrogens is 2. The summed E-state index contributed by atoms with van der Waals surface area (Å²) in [4.78, 5) is 10.6. The predicted molar refractivity (Wildman–Crippen MR) is 134 cm³/mol. The Balaban J connectivity index is 1.42. The molecule has 0 spiro atoms. The van der Waals surface area contributed by atoms with Crippen LogP contribution in [0, 0.1) is 11.3 Å². The number of nitrogens with zero attached hydrogens (tertiary/aromatic N) is 4. The lowest BCUT2D eigenvalue weighted by Gasteiger charge is -2.25. The van der Waals surface area contributed by atoms with Gasteiger partial charge < -0.3 is 20.1 Å². The number of ether oxygens (including phenoxy) is 2. The summed E-state index contributed by atoms with van der Waals surface area (Å²) >= 11 is 0.